The van der Waals surface area contributed by atoms with Crippen molar-refractivity contribution in [3.8, 4) is 0 Å². The summed E-state index contributed by atoms with van der Waals surface area (Å²) in [7, 11) is 0. The molecule has 0 radical (unpaired) electrons. The summed E-state index contributed by atoms with van der Waals surface area (Å²) in [5, 5.41) is 19.5. The van der Waals surface area contributed by atoms with Crippen LogP contribution in [0.1, 0.15) is 31.1 Å². The van der Waals surface area contributed by atoms with Crippen molar-refractivity contribution in [3.05, 3.63) is 65.3 Å². The summed E-state index contributed by atoms with van der Waals surface area (Å²) in [5.74, 6) is 0. The van der Waals surface area contributed by atoms with E-state index in [2.05, 4.69) is 29.4 Å². The summed E-state index contributed by atoms with van der Waals surface area (Å²) in [6.07, 6.45) is -0.637. The number of aryl methyl sites for hydroxylation is 1. The van der Waals surface area contributed by atoms with E-state index in [1.165, 1.54) is 5.56 Å². The molecule has 0 aliphatic heterocycles. The van der Waals surface area contributed by atoms with Crippen LogP contribution < -0.4 is 5.62 Å². The molecule has 0 spiro atoms. The summed E-state index contributed by atoms with van der Waals surface area (Å²) in [6.45, 7) is 10.4. The molecule has 3 aromatic rings. The monoisotopic (exact) mass is 366 g/mol. The molecule has 0 bridgehead atoms. The van der Waals surface area contributed by atoms with Crippen molar-refractivity contribution in [1.29, 1.82) is 5.41 Å². The van der Waals surface area contributed by atoms with Crippen molar-refractivity contribution in [2.75, 3.05) is 19.6 Å². The van der Waals surface area contributed by atoms with Gasteiger partial charge in [0.1, 0.15) is 0 Å². The second-order valence-electron chi connectivity index (χ2n) is 7.03. The van der Waals surface area contributed by atoms with Crippen molar-refractivity contribution in [3.63, 3.8) is 0 Å². The number of para-hydroxylation sites is 2. The number of hydrogen-bond acceptors (Lipinski definition) is 3. The van der Waals surface area contributed by atoms with E-state index in [9.17, 15) is 5.11 Å². The van der Waals surface area contributed by atoms with Crippen LogP contribution in [-0.2, 0) is 13.1 Å². The maximum Gasteiger partial charge on any atom is 0.203 e. The van der Waals surface area contributed by atoms with Gasteiger partial charge in [-0.3, -0.25) is 5.41 Å². The predicted molar refractivity (Wildman–Crippen MR) is 110 cm³/mol. The van der Waals surface area contributed by atoms with Crippen LogP contribution >= 0.6 is 0 Å². The molecule has 0 aliphatic rings. The summed E-state index contributed by atoms with van der Waals surface area (Å²) in [6, 6.07) is 16.0. The van der Waals surface area contributed by atoms with Crippen molar-refractivity contribution in [1.82, 2.24) is 14.0 Å². The number of rotatable bonds is 8. The number of imidazole rings is 1. The zero-order chi connectivity index (χ0) is 19.4. The third-order valence-corrected chi connectivity index (χ3v) is 5.33. The maximum absolute atomic E-state index is 10.7. The molecule has 1 aromatic heterocycles. The van der Waals surface area contributed by atoms with E-state index in [1.54, 1.807) is 0 Å². The van der Waals surface area contributed by atoms with E-state index in [0.29, 0.717) is 12.2 Å². The Kier molecular flexibility index (Phi) is 6.14. The van der Waals surface area contributed by atoms with Crippen LogP contribution in [0.5, 0.6) is 0 Å². The van der Waals surface area contributed by atoms with Crippen LogP contribution in [0.2, 0.25) is 0 Å². The molecule has 0 aliphatic carbocycles. The van der Waals surface area contributed by atoms with Crippen molar-refractivity contribution in [2.45, 2.75) is 40.0 Å². The molecule has 2 aromatic carbocycles. The third kappa shape index (κ3) is 4.15. The van der Waals surface area contributed by atoms with Crippen molar-refractivity contribution in [2.24, 2.45) is 0 Å². The molecule has 1 heterocycles. The SMILES string of the molecule is CCN(CC)CCn1c(=N)n(CC(O)c2ccc(C)cc2)c2ccccc21. The smallest absolute Gasteiger partial charge is 0.203 e. The van der Waals surface area contributed by atoms with Gasteiger partial charge in [0.2, 0.25) is 5.62 Å². The van der Waals surface area contributed by atoms with Crippen LogP contribution in [-0.4, -0.2) is 38.8 Å². The number of hydrogen-bond donors (Lipinski definition) is 2. The molecule has 1 atom stereocenters. The fourth-order valence-electron chi connectivity index (χ4n) is 3.55. The standard InChI is InChI=1S/C22H30N4O/c1-4-24(5-2)14-15-25-19-8-6-7-9-20(19)26(22(25)23)16-21(27)18-12-10-17(3)11-13-18/h6-13,21,23,27H,4-5,14-16H2,1-3H3. The first-order valence-electron chi connectivity index (χ1n) is 9.74. The van der Waals surface area contributed by atoms with Gasteiger partial charge in [-0.15, -0.1) is 0 Å². The van der Waals surface area contributed by atoms with Gasteiger partial charge in [0.15, 0.2) is 0 Å². The molecule has 0 saturated carbocycles. The molecule has 27 heavy (non-hydrogen) atoms. The van der Waals surface area contributed by atoms with Crippen LogP contribution in [0.15, 0.2) is 48.5 Å². The van der Waals surface area contributed by atoms with Crippen LogP contribution in [0.3, 0.4) is 0 Å². The van der Waals surface area contributed by atoms with E-state index in [0.717, 1.165) is 42.8 Å². The molecule has 144 valence electrons. The Morgan fingerprint density at radius 2 is 1.56 bits per heavy atom. The van der Waals surface area contributed by atoms with Gasteiger partial charge in [-0.1, -0.05) is 55.8 Å². The lowest BCUT2D eigenvalue weighted by molar-refractivity contribution is 0.155. The van der Waals surface area contributed by atoms with E-state index in [4.69, 9.17) is 5.41 Å². The van der Waals surface area contributed by atoms with Crippen LogP contribution in [0.25, 0.3) is 11.0 Å². The molecule has 5 nitrogen and oxygen atoms in total. The number of fused-ring (bicyclic) bond motifs is 1. The highest BCUT2D eigenvalue weighted by Gasteiger charge is 2.15. The minimum Gasteiger partial charge on any atom is -0.387 e. The third-order valence-electron chi connectivity index (χ3n) is 5.33. The van der Waals surface area contributed by atoms with Gasteiger partial charge in [0, 0.05) is 13.1 Å². The van der Waals surface area contributed by atoms with E-state index >= 15 is 0 Å². The zero-order valence-corrected chi connectivity index (χ0v) is 16.5. The van der Waals surface area contributed by atoms with Gasteiger partial charge in [-0.2, -0.15) is 0 Å². The Bertz CT molecular complexity index is 935. The summed E-state index contributed by atoms with van der Waals surface area (Å²) in [5.41, 5.74) is 4.54. The molecule has 0 saturated heterocycles. The van der Waals surface area contributed by atoms with E-state index < -0.39 is 6.10 Å². The highest BCUT2D eigenvalue weighted by Crippen LogP contribution is 2.19. The Morgan fingerprint density at radius 1 is 0.963 bits per heavy atom. The lowest BCUT2D eigenvalue weighted by Gasteiger charge is -2.18. The fourth-order valence-corrected chi connectivity index (χ4v) is 3.55. The zero-order valence-electron chi connectivity index (χ0n) is 16.5. The minimum absolute atomic E-state index is 0.376. The molecular weight excluding hydrogens is 336 g/mol. The maximum atomic E-state index is 10.7. The first kappa shape index (κ1) is 19.4. The minimum atomic E-state index is -0.637. The number of nitrogens with one attached hydrogen (secondary N) is 1. The van der Waals surface area contributed by atoms with Gasteiger partial charge in [0.05, 0.1) is 23.7 Å². The average molecular weight is 367 g/mol. The molecule has 5 heteroatoms. The van der Waals surface area contributed by atoms with Crippen LogP contribution in [0.4, 0.5) is 0 Å². The quantitative estimate of drug-likeness (QED) is 0.643. The molecule has 3 rings (SSSR count). The van der Waals surface area contributed by atoms with E-state index in [1.807, 2.05) is 54.0 Å². The van der Waals surface area contributed by atoms with Gasteiger partial charge < -0.3 is 19.1 Å². The number of benzene rings is 2. The normalized spacial score (nSPS) is 12.8. The molecule has 0 amide bonds. The Morgan fingerprint density at radius 3 is 2.15 bits per heavy atom. The van der Waals surface area contributed by atoms with Crippen molar-refractivity contribution >= 4 is 11.0 Å². The summed E-state index contributed by atoms with van der Waals surface area (Å²) >= 11 is 0. The number of aromatic nitrogens is 2. The lowest BCUT2D eigenvalue weighted by atomic mass is 10.1. The average Bonchev–Trinajstić information content (AvgIpc) is 2.95. The topological polar surface area (TPSA) is 57.2 Å². The lowest BCUT2D eigenvalue weighted by Crippen LogP contribution is -2.32. The van der Waals surface area contributed by atoms with Crippen molar-refractivity contribution < 1.29 is 5.11 Å². The number of aliphatic hydroxyl groups excluding tert-OH is 1. The van der Waals surface area contributed by atoms with Gasteiger partial charge in [-0.25, -0.2) is 0 Å². The molecule has 2 N–H and O–H groups in total. The Hall–Kier alpha value is -2.37. The van der Waals surface area contributed by atoms with Gasteiger partial charge in [-0.05, 0) is 37.7 Å². The highest BCUT2D eigenvalue weighted by atomic mass is 16.3. The summed E-state index contributed by atoms with van der Waals surface area (Å²) < 4.78 is 3.97. The molecule has 0 fully saturated rings. The predicted octanol–water partition coefficient (Wildman–Crippen LogP) is 3.31. The van der Waals surface area contributed by atoms with Gasteiger partial charge in [0.25, 0.3) is 0 Å². The Labute approximate surface area is 161 Å². The van der Waals surface area contributed by atoms with Crippen LogP contribution in [0, 0.1) is 12.3 Å². The first-order chi connectivity index (χ1) is 13.0. The second kappa shape index (κ2) is 8.55. The first-order valence-corrected chi connectivity index (χ1v) is 9.74. The molecule has 1 unspecified atom stereocenters. The fraction of sp³-hybridized carbons (Fsp3) is 0.409. The highest BCUT2D eigenvalue weighted by molar-refractivity contribution is 5.75. The second-order valence-corrected chi connectivity index (χ2v) is 7.03. The largest absolute Gasteiger partial charge is 0.387 e. The van der Waals surface area contributed by atoms with Gasteiger partial charge >= 0.3 is 0 Å². The van der Waals surface area contributed by atoms with E-state index in [-0.39, 0.29) is 0 Å². The summed E-state index contributed by atoms with van der Waals surface area (Å²) in [4.78, 5) is 2.36. The molecular formula is C22H30N4O. The number of aliphatic hydroxyl groups is 1. The number of nitrogens with zero attached hydrogens (tertiary/aromatic N) is 3. The Balaban J connectivity index is 1.92. The number of likely N-dealkylation sites (N-methyl/N-ethyl adjacent to an activating group) is 1.